The SMILES string of the molecule is C=C(C(=O)OCC1CCC(Cc2ccc(Cc3ccc4c(-c5c(Cc6ccc(CC7CCC(COC(=O)C(=C)C(F)(F)F)CC7)cc6)ccc6cc(Cc7ccc(CC8CCC(COC(=O)C(=C)C(F)(F)F)CC8)cc7)ccc56)cc(Cc5ccc(CC6CCC(COC(=O)C(=C)C(F)(F)F)CC6)cc5)cc4c3)cc2)CC1)C(F)(F)F. The number of fused-ring (bicyclic) bond motifs is 2. The smallest absolute Gasteiger partial charge is 0.422 e. The molecule has 0 bridgehead atoms. The second-order valence-corrected chi connectivity index (χ2v) is 33.0. The first kappa shape index (κ1) is 85.6. The zero-order chi connectivity index (χ0) is 82.6. The first-order chi connectivity index (χ1) is 55.2. The average molecular weight is 1610 g/mol. The van der Waals surface area contributed by atoms with E-state index in [-0.39, 0.29) is 50.1 Å². The summed E-state index contributed by atoms with van der Waals surface area (Å²) in [5.41, 5.74) is 9.96. The Kier molecular flexibility index (Phi) is 27.8. The number of benzene rings is 8. The van der Waals surface area contributed by atoms with Crippen LogP contribution in [0, 0.1) is 47.3 Å². The predicted octanol–water partition coefficient (Wildman–Crippen LogP) is 24.1. The van der Waals surface area contributed by atoms with Gasteiger partial charge in [-0.1, -0.05) is 184 Å². The van der Waals surface area contributed by atoms with Crippen LogP contribution >= 0.6 is 0 Å². The number of ether oxygens (including phenoxy) is 4. The number of halogens is 12. The van der Waals surface area contributed by atoms with E-state index in [4.69, 9.17) is 18.9 Å². The molecule has 0 spiro atoms. The lowest BCUT2D eigenvalue weighted by atomic mass is 9.79. The molecule has 4 saturated carbocycles. The topological polar surface area (TPSA) is 105 Å². The van der Waals surface area contributed by atoms with Crippen LogP contribution in [0.5, 0.6) is 0 Å². The van der Waals surface area contributed by atoms with Gasteiger partial charge in [-0.05, 0) is 301 Å². The Balaban J connectivity index is 0.796. The highest BCUT2D eigenvalue weighted by atomic mass is 19.4. The Hall–Kier alpha value is -9.72. The molecule has 0 aromatic heterocycles. The standard InChI is InChI=1S/C96H98F12O8/c1-59(93(97,98)99)89(109)113-55-75-29-21-67(22-30-75)43-63-5-11-71(12-6-63)47-79-38-42-86-82(51-79)39-40-83(50-74-19-17-66(18-20-74)46-70-27-35-78(36-28-70)58-116-92(112)62(4)96(106,107)108)88(86)87-54-81(49-73-15-9-65(10-16-73)45-69-25-33-77(34-26-69)57-115-91(111)61(3)95(103,104)105)53-84-52-80(37-41-85(84)87)48-72-13-7-64(8-14-72)44-68-23-31-76(32-24-68)56-114-90(110)60(2)94(100,101)102/h5-20,37-42,51-54,67-70,75-78H,1-4,21-36,43-50,55-58H2. The fraction of sp³-hybridized carbons (Fsp3) is 0.417. The lowest BCUT2D eigenvalue weighted by Gasteiger charge is -2.28. The lowest BCUT2D eigenvalue weighted by Crippen LogP contribution is -2.25. The summed E-state index contributed by atoms with van der Waals surface area (Å²) in [5, 5.41) is 4.33. The van der Waals surface area contributed by atoms with Crippen molar-refractivity contribution in [2.75, 3.05) is 26.4 Å². The summed E-state index contributed by atoms with van der Waals surface area (Å²) in [6.07, 6.45) is -0.593. The monoisotopic (exact) mass is 1610 g/mol. The van der Waals surface area contributed by atoms with Gasteiger partial charge in [-0.15, -0.1) is 0 Å². The minimum Gasteiger partial charge on any atom is -0.462 e. The highest BCUT2D eigenvalue weighted by Gasteiger charge is 2.42. The molecule has 8 aromatic carbocycles. The van der Waals surface area contributed by atoms with Gasteiger partial charge in [0, 0.05) is 0 Å². The van der Waals surface area contributed by atoms with Crippen molar-refractivity contribution in [2.45, 2.75) is 179 Å². The van der Waals surface area contributed by atoms with Crippen molar-refractivity contribution < 1.29 is 90.8 Å². The first-order valence-corrected chi connectivity index (χ1v) is 40.3. The summed E-state index contributed by atoms with van der Waals surface area (Å²) < 4.78 is 177. The number of hydrogen-bond acceptors (Lipinski definition) is 8. The number of rotatable bonds is 29. The molecule has 20 heteroatoms. The Morgan fingerprint density at radius 3 is 0.810 bits per heavy atom. The zero-order valence-corrected chi connectivity index (χ0v) is 65.1. The molecule has 0 amide bonds. The van der Waals surface area contributed by atoms with E-state index in [1.165, 1.54) is 22.3 Å². The highest BCUT2D eigenvalue weighted by molar-refractivity contribution is 6.07. The summed E-state index contributed by atoms with van der Waals surface area (Å²) in [7, 11) is 0. The second-order valence-electron chi connectivity index (χ2n) is 33.0. The molecule has 4 aliphatic carbocycles. The number of hydrogen-bond donors (Lipinski definition) is 0. The molecule has 116 heavy (non-hydrogen) atoms. The van der Waals surface area contributed by atoms with Crippen LogP contribution in [0.2, 0.25) is 0 Å². The van der Waals surface area contributed by atoms with Gasteiger partial charge in [0.15, 0.2) is 0 Å². The number of carbonyl (C=O) groups is 4. The van der Waals surface area contributed by atoms with Gasteiger partial charge >= 0.3 is 48.6 Å². The van der Waals surface area contributed by atoms with Crippen molar-refractivity contribution in [1.29, 1.82) is 0 Å². The molecule has 0 unspecified atom stereocenters. The molecular weight excluding hydrogens is 1510 g/mol. The van der Waals surface area contributed by atoms with Gasteiger partial charge in [-0.25, -0.2) is 19.2 Å². The van der Waals surface area contributed by atoms with Crippen LogP contribution in [0.3, 0.4) is 0 Å². The number of alkyl halides is 12. The van der Waals surface area contributed by atoms with Crippen molar-refractivity contribution in [2.24, 2.45) is 47.3 Å². The summed E-state index contributed by atoms with van der Waals surface area (Å²) in [6, 6.07) is 57.5. The third kappa shape index (κ3) is 23.6. The maximum absolute atomic E-state index is 13.1. The van der Waals surface area contributed by atoms with Gasteiger partial charge in [0.25, 0.3) is 0 Å². The molecule has 0 saturated heterocycles. The maximum atomic E-state index is 13.1. The molecule has 0 aliphatic heterocycles. The van der Waals surface area contributed by atoms with Gasteiger partial charge in [0.05, 0.1) is 26.4 Å². The van der Waals surface area contributed by atoms with Crippen molar-refractivity contribution in [3.63, 3.8) is 0 Å². The summed E-state index contributed by atoms with van der Waals surface area (Å²) >= 11 is 0. The largest absolute Gasteiger partial charge is 0.462 e. The summed E-state index contributed by atoms with van der Waals surface area (Å²) in [4.78, 5) is 48.1. The van der Waals surface area contributed by atoms with E-state index in [2.05, 4.69) is 184 Å². The molecule has 8 nitrogen and oxygen atoms in total. The summed E-state index contributed by atoms with van der Waals surface area (Å²) in [6.45, 7) is 11.2. The third-order valence-corrected chi connectivity index (χ3v) is 24.3. The Morgan fingerprint density at radius 1 is 0.267 bits per heavy atom. The van der Waals surface area contributed by atoms with Gasteiger partial charge < -0.3 is 18.9 Å². The molecule has 4 fully saturated rings. The minimum absolute atomic E-state index is 0.00681. The van der Waals surface area contributed by atoms with Crippen molar-refractivity contribution >= 4 is 45.4 Å². The van der Waals surface area contributed by atoms with Gasteiger partial charge in [-0.3, -0.25) is 0 Å². The molecule has 614 valence electrons. The Morgan fingerprint density at radius 2 is 0.509 bits per heavy atom. The van der Waals surface area contributed by atoms with Crippen molar-refractivity contribution in [3.8, 4) is 11.1 Å². The fourth-order valence-electron chi connectivity index (χ4n) is 17.3. The van der Waals surface area contributed by atoms with Gasteiger partial charge in [0.2, 0.25) is 0 Å². The molecule has 0 heterocycles. The quantitative estimate of drug-likeness (QED) is 0.0198. The van der Waals surface area contributed by atoms with Crippen LogP contribution in [0.4, 0.5) is 52.7 Å². The molecule has 0 radical (unpaired) electrons. The zero-order valence-electron chi connectivity index (χ0n) is 65.1. The minimum atomic E-state index is -4.85. The van der Waals surface area contributed by atoms with Crippen LogP contribution in [-0.4, -0.2) is 75.0 Å². The van der Waals surface area contributed by atoms with E-state index in [0.29, 0.717) is 49.4 Å². The van der Waals surface area contributed by atoms with Gasteiger partial charge in [0.1, 0.15) is 22.3 Å². The molecule has 8 aromatic rings. The van der Waals surface area contributed by atoms with Gasteiger partial charge in [-0.2, -0.15) is 52.7 Å². The summed E-state index contributed by atoms with van der Waals surface area (Å²) in [5.74, 6) is -4.31. The van der Waals surface area contributed by atoms with Crippen molar-refractivity contribution in [1.82, 2.24) is 0 Å². The highest BCUT2D eigenvalue weighted by Crippen LogP contribution is 2.43. The Labute approximate surface area is 669 Å². The molecular formula is C96H98F12O8. The number of esters is 4. The normalized spacial score (nSPS) is 20.2. The van der Waals surface area contributed by atoms with Crippen LogP contribution in [0.1, 0.15) is 169 Å². The van der Waals surface area contributed by atoms with Crippen LogP contribution in [-0.2, 0) is 89.5 Å². The van der Waals surface area contributed by atoms with Crippen LogP contribution in [0.25, 0.3) is 32.7 Å². The van der Waals surface area contributed by atoms with E-state index in [1.54, 1.807) is 0 Å². The van der Waals surface area contributed by atoms with E-state index in [9.17, 15) is 71.9 Å². The average Bonchev–Trinajstić information content (AvgIpc) is 0.749. The molecule has 4 aliphatic rings. The fourth-order valence-corrected chi connectivity index (χ4v) is 17.3. The lowest BCUT2D eigenvalue weighted by molar-refractivity contribution is -0.153. The first-order valence-electron chi connectivity index (χ1n) is 40.3. The third-order valence-electron chi connectivity index (χ3n) is 24.3. The molecule has 0 atom stereocenters. The molecule has 12 rings (SSSR count). The van der Waals surface area contributed by atoms with E-state index < -0.39 is 70.9 Å². The van der Waals surface area contributed by atoms with Crippen LogP contribution in [0.15, 0.2) is 206 Å². The maximum Gasteiger partial charge on any atom is 0.422 e. The van der Waals surface area contributed by atoms with E-state index in [0.717, 1.165) is 206 Å². The molecule has 0 N–H and O–H groups in total. The van der Waals surface area contributed by atoms with Crippen molar-refractivity contribution in [3.05, 3.63) is 273 Å². The van der Waals surface area contributed by atoms with E-state index in [1.807, 2.05) is 0 Å². The van der Waals surface area contributed by atoms with Crippen LogP contribution < -0.4 is 0 Å². The number of carbonyl (C=O) groups excluding carboxylic acids is 4. The van der Waals surface area contributed by atoms with E-state index >= 15 is 0 Å². The second kappa shape index (κ2) is 37.7. The predicted molar refractivity (Wildman–Crippen MR) is 425 cm³/mol. The Bertz CT molecular complexity index is 4800.